The molecule has 0 aromatic heterocycles. The van der Waals surface area contributed by atoms with Gasteiger partial charge in [0.2, 0.25) is 0 Å². The summed E-state index contributed by atoms with van der Waals surface area (Å²) in [4.78, 5) is 0. The maximum atomic E-state index is 8.50. The van der Waals surface area contributed by atoms with Crippen molar-refractivity contribution in [3.8, 4) is 11.8 Å². The van der Waals surface area contributed by atoms with E-state index in [2.05, 4.69) is 27.3 Å². The van der Waals surface area contributed by atoms with Crippen LogP contribution in [0.4, 0.5) is 0 Å². The third-order valence-corrected chi connectivity index (χ3v) is 3.15. The molecular weight excluding hydrogens is 308 g/mol. The van der Waals surface area contributed by atoms with E-state index in [0.29, 0.717) is 19.6 Å². The number of nitriles is 1. The summed E-state index contributed by atoms with van der Waals surface area (Å²) in [6.07, 6.45) is 1.26. The second-order valence-corrected chi connectivity index (χ2v) is 4.86. The molecule has 1 aromatic carbocycles. The highest BCUT2D eigenvalue weighted by Gasteiger charge is 2.07. The summed E-state index contributed by atoms with van der Waals surface area (Å²) in [7, 11) is 1.69. The Labute approximate surface area is 122 Å². The largest absolute Gasteiger partial charge is 0.492 e. The molecule has 0 spiro atoms. The maximum absolute atomic E-state index is 8.50. The van der Waals surface area contributed by atoms with Crippen LogP contribution in [0.1, 0.15) is 18.4 Å². The number of hydrogen-bond donors (Lipinski definition) is 1. The predicted octanol–water partition coefficient (Wildman–Crippen LogP) is 2.87. The molecule has 19 heavy (non-hydrogen) atoms. The first-order valence-electron chi connectivity index (χ1n) is 6.26. The second kappa shape index (κ2) is 9.79. The Morgan fingerprint density at radius 2 is 2.21 bits per heavy atom. The number of methoxy groups -OCH3 is 1. The molecule has 0 fully saturated rings. The van der Waals surface area contributed by atoms with Crippen LogP contribution in [0.25, 0.3) is 0 Å². The fourth-order valence-electron chi connectivity index (χ4n) is 1.58. The van der Waals surface area contributed by atoms with Gasteiger partial charge in [-0.2, -0.15) is 5.26 Å². The van der Waals surface area contributed by atoms with Crippen molar-refractivity contribution in [2.45, 2.75) is 19.4 Å². The highest BCUT2D eigenvalue weighted by molar-refractivity contribution is 9.10. The minimum atomic E-state index is 0.520. The third kappa shape index (κ3) is 6.06. The van der Waals surface area contributed by atoms with Crippen LogP contribution in [0, 0.1) is 11.3 Å². The summed E-state index contributed by atoms with van der Waals surface area (Å²) < 4.78 is 11.7. The Kier molecular flexibility index (Phi) is 8.23. The molecule has 0 amide bonds. The number of ether oxygens (including phenoxy) is 2. The van der Waals surface area contributed by atoms with Crippen LogP contribution in [-0.2, 0) is 11.3 Å². The van der Waals surface area contributed by atoms with Gasteiger partial charge < -0.3 is 14.8 Å². The second-order valence-electron chi connectivity index (χ2n) is 4.01. The highest BCUT2D eigenvalue weighted by atomic mass is 79.9. The van der Waals surface area contributed by atoms with Crippen LogP contribution >= 0.6 is 15.9 Å². The summed E-state index contributed by atoms with van der Waals surface area (Å²) in [5.41, 5.74) is 1.10. The van der Waals surface area contributed by atoms with Gasteiger partial charge in [0.15, 0.2) is 0 Å². The normalized spacial score (nSPS) is 10.2. The van der Waals surface area contributed by atoms with E-state index in [1.807, 2.05) is 18.2 Å². The number of para-hydroxylation sites is 1. The van der Waals surface area contributed by atoms with Gasteiger partial charge in [-0.25, -0.2) is 0 Å². The summed E-state index contributed by atoms with van der Waals surface area (Å²) in [6, 6.07) is 8.09. The van der Waals surface area contributed by atoms with E-state index in [9.17, 15) is 0 Å². The number of halogens is 1. The van der Waals surface area contributed by atoms with Gasteiger partial charge in [-0.05, 0) is 28.4 Å². The first-order valence-corrected chi connectivity index (χ1v) is 7.05. The molecule has 0 heterocycles. The monoisotopic (exact) mass is 326 g/mol. The van der Waals surface area contributed by atoms with Crippen LogP contribution in [0.15, 0.2) is 22.7 Å². The van der Waals surface area contributed by atoms with Gasteiger partial charge in [0.1, 0.15) is 5.75 Å². The first kappa shape index (κ1) is 16.0. The quantitative estimate of drug-likeness (QED) is 0.709. The predicted molar refractivity (Wildman–Crippen MR) is 78.1 cm³/mol. The molecule has 1 aromatic rings. The Balaban J connectivity index is 2.54. The standard InChI is InChI=1S/C14H19BrN2O2/c1-18-10-8-17-11-12-5-4-6-13(15)14(12)19-9-3-2-7-16/h4-6,17H,2-3,8-11H2,1H3. The Morgan fingerprint density at radius 3 is 2.95 bits per heavy atom. The summed E-state index contributed by atoms with van der Waals surface area (Å²) in [6.45, 7) is 2.78. The molecule has 0 aliphatic carbocycles. The van der Waals surface area contributed by atoms with Gasteiger partial charge in [0.25, 0.3) is 0 Å². The van der Waals surface area contributed by atoms with E-state index in [0.717, 1.165) is 35.3 Å². The molecule has 0 aliphatic rings. The van der Waals surface area contributed by atoms with Crippen molar-refractivity contribution in [1.82, 2.24) is 5.32 Å². The molecular formula is C14H19BrN2O2. The number of hydrogen-bond acceptors (Lipinski definition) is 4. The smallest absolute Gasteiger partial charge is 0.137 e. The molecule has 0 aliphatic heterocycles. The molecule has 0 radical (unpaired) electrons. The summed E-state index contributed by atoms with van der Waals surface area (Å²) >= 11 is 3.50. The zero-order valence-electron chi connectivity index (χ0n) is 11.1. The lowest BCUT2D eigenvalue weighted by molar-refractivity contribution is 0.199. The number of nitrogens with zero attached hydrogens (tertiary/aromatic N) is 1. The fraction of sp³-hybridized carbons (Fsp3) is 0.500. The third-order valence-electron chi connectivity index (χ3n) is 2.53. The Morgan fingerprint density at radius 1 is 1.37 bits per heavy atom. The van der Waals surface area contributed by atoms with E-state index in [1.54, 1.807) is 7.11 Å². The average molecular weight is 327 g/mol. The van der Waals surface area contributed by atoms with E-state index >= 15 is 0 Å². The van der Waals surface area contributed by atoms with Crippen molar-refractivity contribution >= 4 is 15.9 Å². The first-order chi connectivity index (χ1) is 9.29. The summed E-state index contributed by atoms with van der Waals surface area (Å²) in [5.74, 6) is 0.852. The maximum Gasteiger partial charge on any atom is 0.137 e. The van der Waals surface area contributed by atoms with E-state index < -0.39 is 0 Å². The molecule has 0 atom stereocenters. The average Bonchev–Trinajstić information content (AvgIpc) is 2.42. The molecule has 5 heteroatoms. The number of rotatable bonds is 9. The molecule has 0 unspecified atom stereocenters. The topological polar surface area (TPSA) is 54.3 Å². The Bertz CT molecular complexity index is 418. The van der Waals surface area contributed by atoms with Crippen LogP contribution in [0.3, 0.4) is 0 Å². The zero-order valence-corrected chi connectivity index (χ0v) is 12.7. The van der Waals surface area contributed by atoms with Gasteiger partial charge in [-0.3, -0.25) is 0 Å². The Hall–Kier alpha value is -1.09. The number of unbranched alkanes of at least 4 members (excludes halogenated alkanes) is 1. The minimum absolute atomic E-state index is 0.520. The number of benzene rings is 1. The van der Waals surface area contributed by atoms with Crippen molar-refractivity contribution in [1.29, 1.82) is 5.26 Å². The zero-order chi connectivity index (χ0) is 13.9. The van der Waals surface area contributed by atoms with Crippen molar-refractivity contribution in [2.24, 2.45) is 0 Å². The van der Waals surface area contributed by atoms with E-state index in [1.165, 1.54) is 0 Å². The van der Waals surface area contributed by atoms with Crippen molar-refractivity contribution in [3.63, 3.8) is 0 Å². The van der Waals surface area contributed by atoms with Gasteiger partial charge >= 0.3 is 0 Å². The van der Waals surface area contributed by atoms with Gasteiger partial charge in [0.05, 0.1) is 23.8 Å². The van der Waals surface area contributed by atoms with Crippen LogP contribution < -0.4 is 10.1 Å². The van der Waals surface area contributed by atoms with Crippen molar-refractivity contribution in [3.05, 3.63) is 28.2 Å². The van der Waals surface area contributed by atoms with E-state index in [4.69, 9.17) is 14.7 Å². The SMILES string of the molecule is COCCNCc1cccc(Br)c1OCCCC#N. The molecule has 1 N–H and O–H groups in total. The lowest BCUT2D eigenvalue weighted by Crippen LogP contribution is -2.19. The molecule has 104 valence electrons. The van der Waals surface area contributed by atoms with Gasteiger partial charge in [-0.1, -0.05) is 12.1 Å². The summed E-state index contributed by atoms with van der Waals surface area (Å²) in [5, 5.41) is 11.8. The van der Waals surface area contributed by atoms with Crippen LogP contribution in [0.2, 0.25) is 0 Å². The molecule has 4 nitrogen and oxygen atoms in total. The number of nitrogens with one attached hydrogen (secondary N) is 1. The lowest BCUT2D eigenvalue weighted by Gasteiger charge is -2.13. The highest BCUT2D eigenvalue weighted by Crippen LogP contribution is 2.29. The van der Waals surface area contributed by atoms with Crippen molar-refractivity contribution < 1.29 is 9.47 Å². The minimum Gasteiger partial charge on any atom is -0.492 e. The molecule has 1 rings (SSSR count). The lowest BCUT2D eigenvalue weighted by atomic mass is 10.2. The molecule has 0 saturated carbocycles. The van der Waals surface area contributed by atoms with Crippen LogP contribution in [-0.4, -0.2) is 26.9 Å². The van der Waals surface area contributed by atoms with Crippen LogP contribution in [0.5, 0.6) is 5.75 Å². The van der Waals surface area contributed by atoms with E-state index in [-0.39, 0.29) is 0 Å². The van der Waals surface area contributed by atoms with Crippen molar-refractivity contribution in [2.75, 3.05) is 26.9 Å². The molecule has 0 bridgehead atoms. The fourth-order valence-corrected chi connectivity index (χ4v) is 2.10. The van der Waals surface area contributed by atoms with Gasteiger partial charge in [-0.15, -0.1) is 0 Å². The molecule has 0 saturated heterocycles. The van der Waals surface area contributed by atoms with Gasteiger partial charge in [0, 0.05) is 32.2 Å².